The molecular formula is O12S3SiZn. The van der Waals surface area contributed by atoms with Crippen molar-refractivity contribution in [1.82, 2.24) is 0 Å². The summed E-state index contributed by atoms with van der Waals surface area (Å²) in [5.41, 5.74) is 0. The van der Waals surface area contributed by atoms with Crippen LogP contribution in [-0.4, -0.2) is 63.5 Å². The van der Waals surface area contributed by atoms with Crippen molar-refractivity contribution in [3.05, 3.63) is 0 Å². The fourth-order valence-electron chi connectivity index (χ4n) is 0. The number of hydrogen-bond donors (Lipinski definition) is 0. The van der Waals surface area contributed by atoms with E-state index in [1.165, 1.54) is 0 Å². The second kappa shape index (κ2) is 11.5. The van der Waals surface area contributed by atoms with E-state index in [2.05, 4.69) is 0 Å². The standard InChI is InChI=1S/3H2O4S.Si.Zn/c3*1-5(2,3)4;;/h3*(H2,1,2,3,4);;/q;;;+4;+2/p-6. The minimum absolute atomic E-state index is 0. The Kier molecular flexibility index (Phi) is 20.7. The Morgan fingerprint density at radius 3 is 0.471 bits per heavy atom. The summed E-state index contributed by atoms with van der Waals surface area (Å²) >= 11 is 0. The summed E-state index contributed by atoms with van der Waals surface area (Å²) in [6.45, 7) is 0. The summed E-state index contributed by atoms with van der Waals surface area (Å²) in [6, 6.07) is 0. The van der Waals surface area contributed by atoms with E-state index < -0.39 is 31.2 Å². The molecule has 0 saturated heterocycles. The Morgan fingerprint density at radius 2 is 0.471 bits per heavy atom. The second-order valence-corrected chi connectivity index (χ2v) is 3.67. The van der Waals surface area contributed by atoms with Crippen molar-refractivity contribution in [3.63, 3.8) is 0 Å². The molecule has 0 unspecified atom stereocenters. The maximum Gasteiger partial charge on any atom is 4.00 e. The van der Waals surface area contributed by atoms with Gasteiger partial charge in [-0.25, -0.2) is 0 Å². The molecule has 0 saturated carbocycles. The molecule has 0 spiro atoms. The molecule has 96 valence electrons. The van der Waals surface area contributed by atoms with Crippen molar-refractivity contribution in [2.75, 3.05) is 0 Å². The molecule has 0 amide bonds. The molecule has 0 aliphatic carbocycles. The van der Waals surface area contributed by atoms with Crippen molar-refractivity contribution in [2.45, 2.75) is 0 Å². The molecule has 0 fully saturated rings. The summed E-state index contributed by atoms with van der Waals surface area (Å²) in [7, 11) is -15.5. The van der Waals surface area contributed by atoms with E-state index >= 15 is 0 Å². The first-order valence-electron chi connectivity index (χ1n) is 2.00. The van der Waals surface area contributed by atoms with Crippen LogP contribution in [0.2, 0.25) is 0 Å². The Hall–Kier alpha value is 0.450. The topological polar surface area (TPSA) is 241 Å². The minimum Gasteiger partial charge on any atom is -0.759 e. The summed E-state index contributed by atoms with van der Waals surface area (Å²) < 4.78 is 102. The quantitative estimate of drug-likeness (QED) is 0.219. The Bertz CT molecular complexity index is 343. The van der Waals surface area contributed by atoms with Gasteiger partial charge in [0.15, 0.2) is 0 Å². The zero-order valence-electron chi connectivity index (χ0n) is 7.33. The summed E-state index contributed by atoms with van der Waals surface area (Å²) in [4.78, 5) is 0. The molecule has 0 bridgehead atoms. The monoisotopic (exact) mass is 380 g/mol. The van der Waals surface area contributed by atoms with E-state index in [0.717, 1.165) is 0 Å². The largest absolute Gasteiger partial charge is 4.00 e. The van der Waals surface area contributed by atoms with Crippen LogP contribution in [0, 0.1) is 0 Å². The van der Waals surface area contributed by atoms with Crippen LogP contribution >= 0.6 is 0 Å². The number of rotatable bonds is 0. The fraction of sp³-hybridized carbons (Fsp3) is 0. The van der Waals surface area contributed by atoms with Crippen LogP contribution in [0.5, 0.6) is 0 Å². The van der Waals surface area contributed by atoms with Crippen LogP contribution in [0.3, 0.4) is 0 Å². The van der Waals surface area contributed by atoms with E-state index in [0.29, 0.717) is 0 Å². The summed E-state index contributed by atoms with van der Waals surface area (Å²) in [5.74, 6) is 0. The van der Waals surface area contributed by atoms with E-state index in [1.54, 1.807) is 0 Å². The maximum atomic E-state index is 8.52. The van der Waals surface area contributed by atoms with Crippen LogP contribution in [0.25, 0.3) is 0 Å². The molecule has 12 nitrogen and oxygen atoms in total. The average Bonchev–Trinajstić information content (AvgIpc) is 1.41. The Morgan fingerprint density at radius 1 is 0.471 bits per heavy atom. The molecule has 0 atom stereocenters. The van der Waals surface area contributed by atoms with Gasteiger partial charge in [0, 0.05) is 31.2 Å². The predicted octanol–water partition coefficient (Wildman–Crippen LogP) is -4.40. The van der Waals surface area contributed by atoms with Gasteiger partial charge < -0.3 is 27.3 Å². The first-order chi connectivity index (χ1) is 6.00. The molecule has 17 heteroatoms. The second-order valence-electron chi connectivity index (χ2n) is 1.22. The van der Waals surface area contributed by atoms with Gasteiger partial charge in [-0.3, -0.25) is 25.3 Å². The van der Waals surface area contributed by atoms with Crippen molar-refractivity contribution >= 4 is 42.2 Å². The molecule has 0 aromatic carbocycles. The van der Waals surface area contributed by atoms with Crippen LogP contribution < -0.4 is 0 Å². The van der Waals surface area contributed by atoms with Crippen molar-refractivity contribution in [1.29, 1.82) is 0 Å². The van der Waals surface area contributed by atoms with Crippen LogP contribution in [0.4, 0.5) is 0 Å². The third-order valence-electron chi connectivity index (χ3n) is 0. The van der Waals surface area contributed by atoms with Crippen LogP contribution in [0.15, 0.2) is 0 Å². The Labute approximate surface area is 114 Å². The van der Waals surface area contributed by atoms with Gasteiger partial charge in [0.25, 0.3) is 0 Å². The normalized spacial score (nSPS) is 10.2. The molecule has 0 rings (SSSR count). The zero-order chi connectivity index (χ0) is 13.5. The molecule has 0 N–H and O–H groups in total. The van der Waals surface area contributed by atoms with Gasteiger partial charge in [0.2, 0.25) is 0 Å². The molecule has 0 aliphatic heterocycles. The van der Waals surface area contributed by atoms with Crippen molar-refractivity contribution < 1.29 is 72.0 Å². The number of hydrogen-bond acceptors (Lipinski definition) is 12. The minimum atomic E-state index is -5.17. The fourth-order valence-corrected chi connectivity index (χ4v) is 0. The van der Waals surface area contributed by atoms with E-state index in [1.807, 2.05) is 0 Å². The molecule has 17 heavy (non-hydrogen) atoms. The van der Waals surface area contributed by atoms with Crippen LogP contribution in [0.1, 0.15) is 0 Å². The first-order valence-corrected chi connectivity index (χ1v) is 6.00. The maximum absolute atomic E-state index is 8.52. The van der Waals surface area contributed by atoms with Gasteiger partial charge >= 0.3 is 30.4 Å². The summed E-state index contributed by atoms with van der Waals surface area (Å²) in [6.07, 6.45) is 0. The van der Waals surface area contributed by atoms with E-state index in [-0.39, 0.29) is 30.4 Å². The van der Waals surface area contributed by atoms with E-state index in [4.69, 9.17) is 52.6 Å². The van der Waals surface area contributed by atoms with Gasteiger partial charge in [0.1, 0.15) is 0 Å². The average molecular weight is 382 g/mol. The van der Waals surface area contributed by atoms with Gasteiger partial charge in [-0.15, -0.1) is 0 Å². The first kappa shape index (κ1) is 30.5. The third-order valence-corrected chi connectivity index (χ3v) is 0. The van der Waals surface area contributed by atoms with Crippen molar-refractivity contribution in [3.8, 4) is 0 Å². The van der Waals surface area contributed by atoms with Gasteiger partial charge in [0.05, 0.1) is 0 Å². The van der Waals surface area contributed by atoms with Crippen molar-refractivity contribution in [2.24, 2.45) is 0 Å². The third kappa shape index (κ3) is 16900. The van der Waals surface area contributed by atoms with Gasteiger partial charge in [-0.05, 0) is 0 Å². The SMILES string of the molecule is O=S(=O)([O-])[O-].O=S(=O)([O-])[O-].O=S(=O)([O-])[O-].[Si+4].[Zn+2]. The summed E-state index contributed by atoms with van der Waals surface area (Å²) in [5, 5.41) is 0. The molecule has 0 radical (unpaired) electrons. The van der Waals surface area contributed by atoms with E-state index in [9.17, 15) is 0 Å². The Balaban J connectivity index is -0.0000000400. The predicted molar refractivity (Wildman–Crippen MR) is 37.2 cm³/mol. The zero-order valence-corrected chi connectivity index (χ0v) is 13.7. The van der Waals surface area contributed by atoms with Gasteiger partial charge in [-0.1, -0.05) is 0 Å². The molecule has 0 heterocycles. The molecule has 0 aromatic rings. The van der Waals surface area contributed by atoms with Gasteiger partial charge in [-0.2, -0.15) is 0 Å². The molecule has 0 aliphatic rings. The molecular weight excluding hydrogens is 382 g/mol. The van der Waals surface area contributed by atoms with Crippen LogP contribution in [-0.2, 0) is 50.7 Å². The molecule has 0 aromatic heterocycles. The smallest absolute Gasteiger partial charge is 0.759 e.